The van der Waals surface area contributed by atoms with E-state index in [0.717, 1.165) is 0 Å². The minimum atomic E-state index is -1.85. The summed E-state index contributed by atoms with van der Waals surface area (Å²) < 4.78 is 0. The lowest BCUT2D eigenvalue weighted by atomic mass is 10.4. The fourth-order valence-electron chi connectivity index (χ4n) is 1.97. The van der Waals surface area contributed by atoms with Crippen molar-refractivity contribution in [1.82, 2.24) is 0 Å². The van der Waals surface area contributed by atoms with Crippen LogP contribution in [0.25, 0.3) is 0 Å². The van der Waals surface area contributed by atoms with E-state index in [1.165, 1.54) is 10.6 Å². The Morgan fingerprint density at radius 3 is 1.28 bits per heavy atom. The van der Waals surface area contributed by atoms with E-state index in [1.54, 1.807) is 0 Å². The molecule has 0 fully saturated rings. The monoisotopic (exact) mass is 310 g/mol. The molecule has 0 amide bonds. The zero-order chi connectivity index (χ0) is 13.2. The van der Waals surface area contributed by atoms with Crippen molar-refractivity contribution in [3.05, 3.63) is 60.7 Å². The highest BCUT2D eigenvalue weighted by atomic mass is 32.8. The molecule has 0 saturated heterocycles. The summed E-state index contributed by atoms with van der Waals surface area (Å²) in [7, 11) is 0. The summed E-state index contributed by atoms with van der Waals surface area (Å²) >= 11 is 12.0. The molecular formula is C14H16P2S2. The molecule has 0 bridgehead atoms. The summed E-state index contributed by atoms with van der Waals surface area (Å²) in [4.78, 5) is 0. The molecule has 0 spiro atoms. The lowest BCUT2D eigenvalue weighted by molar-refractivity contribution is 1.76. The minimum absolute atomic E-state index is 1.25. The highest BCUT2D eigenvalue weighted by Crippen LogP contribution is 2.76. The zero-order valence-corrected chi connectivity index (χ0v) is 13.9. The molecule has 18 heavy (non-hydrogen) atoms. The van der Waals surface area contributed by atoms with Crippen LogP contribution >= 0.6 is 11.5 Å². The van der Waals surface area contributed by atoms with Crippen LogP contribution in [0.1, 0.15) is 0 Å². The highest BCUT2D eigenvalue weighted by molar-refractivity contribution is 8.70. The molecule has 0 saturated carbocycles. The molecule has 2 rings (SSSR count). The number of benzene rings is 2. The lowest BCUT2D eigenvalue weighted by Crippen LogP contribution is -2.15. The Balaban J connectivity index is 2.72. The van der Waals surface area contributed by atoms with E-state index in [0.29, 0.717) is 0 Å². The van der Waals surface area contributed by atoms with Gasteiger partial charge in [-0.1, -0.05) is 84.3 Å². The molecule has 0 aliphatic heterocycles. The summed E-state index contributed by atoms with van der Waals surface area (Å²) in [6.45, 7) is 4.37. The zero-order valence-electron chi connectivity index (χ0n) is 10.5. The van der Waals surface area contributed by atoms with Crippen LogP contribution in [0.15, 0.2) is 60.7 Å². The van der Waals surface area contributed by atoms with Crippen molar-refractivity contribution >= 4 is 45.7 Å². The molecule has 0 aromatic heterocycles. The van der Waals surface area contributed by atoms with Crippen LogP contribution in [0.5, 0.6) is 0 Å². The molecule has 0 radical (unpaired) electrons. The van der Waals surface area contributed by atoms with Gasteiger partial charge >= 0.3 is 0 Å². The predicted molar refractivity (Wildman–Crippen MR) is 92.6 cm³/mol. The third kappa shape index (κ3) is 2.53. The fourth-order valence-corrected chi connectivity index (χ4v) is 11.1. The molecular weight excluding hydrogens is 294 g/mol. The van der Waals surface area contributed by atoms with Crippen LogP contribution in [0.4, 0.5) is 0 Å². The topological polar surface area (TPSA) is 0 Å². The Morgan fingerprint density at radius 2 is 1.00 bits per heavy atom. The van der Waals surface area contributed by atoms with Crippen molar-refractivity contribution in [2.24, 2.45) is 0 Å². The van der Waals surface area contributed by atoms with E-state index in [1.807, 2.05) is 12.1 Å². The number of rotatable bonds is 3. The first kappa shape index (κ1) is 14.2. The minimum Gasteiger partial charge on any atom is -0.0918 e. The molecule has 0 N–H and O–H groups in total. The van der Waals surface area contributed by atoms with Crippen LogP contribution in [0.3, 0.4) is 0 Å². The van der Waals surface area contributed by atoms with Gasteiger partial charge in [-0.15, -0.1) is 0 Å². The smallest absolute Gasteiger partial charge is 0.0405 e. The second-order valence-electron chi connectivity index (χ2n) is 4.54. The first-order chi connectivity index (χ1) is 8.46. The van der Waals surface area contributed by atoms with Gasteiger partial charge in [-0.05, 0) is 29.7 Å². The van der Waals surface area contributed by atoms with Crippen LogP contribution in [-0.4, -0.2) is 13.3 Å². The molecule has 2 aromatic carbocycles. The standard InChI is InChI=1S/C14H16P2S2/c1-15(2,17)16(18,13-9-5-3-6-10-13)14-11-7-4-8-12-14/h3-12H,1-2H3. The highest BCUT2D eigenvalue weighted by Gasteiger charge is 2.30. The summed E-state index contributed by atoms with van der Waals surface area (Å²) in [5, 5.41) is 2.50. The van der Waals surface area contributed by atoms with E-state index in [9.17, 15) is 0 Å². The molecule has 0 unspecified atom stereocenters. The molecule has 94 valence electrons. The average Bonchev–Trinajstić information content (AvgIpc) is 2.38. The first-order valence-electron chi connectivity index (χ1n) is 5.73. The van der Waals surface area contributed by atoms with Crippen LogP contribution in [0, 0.1) is 0 Å². The second kappa shape index (κ2) is 5.39. The Bertz CT molecular complexity index is 571. The predicted octanol–water partition coefficient (Wildman–Crippen LogP) is 3.77. The van der Waals surface area contributed by atoms with Gasteiger partial charge in [-0.2, -0.15) is 0 Å². The van der Waals surface area contributed by atoms with Gasteiger partial charge in [0.2, 0.25) is 0 Å². The lowest BCUT2D eigenvalue weighted by Gasteiger charge is -2.30. The maximum atomic E-state index is 6.13. The Kier molecular flexibility index (Phi) is 4.24. The summed E-state index contributed by atoms with van der Waals surface area (Å²) in [5.41, 5.74) is -3.42. The normalized spacial score (nSPS) is 12.3. The molecule has 0 heterocycles. The van der Waals surface area contributed by atoms with Gasteiger partial charge in [0.05, 0.1) is 0 Å². The van der Waals surface area contributed by atoms with E-state index in [-0.39, 0.29) is 0 Å². The maximum absolute atomic E-state index is 6.13. The molecule has 4 heteroatoms. The number of hydrogen-bond donors (Lipinski definition) is 0. The fraction of sp³-hybridized carbons (Fsp3) is 0.143. The Labute approximate surface area is 119 Å². The van der Waals surface area contributed by atoms with Crippen LogP contribution < -0.4 is 10.6 Å². The van der Waals surface area contributed by atoms with Gasteiger partial charge in [-0.3, -0.25) is 0 Å². The van der Waals surface area contributed by atoms with Crippen molar-refractivity contribution in [2.75, 3.05) is 13.3 Å². The second-order valence-corrected chi connectivity index (χ2v) is 20.1. The summed E-state index contributed by atoms with van der Waals surface area (Å²) in [6.07, 6.45) is 0. The van der Waals surface area contributed by atoms with Crippen molar-refractivity contribution in [3.63, 3.8) is 0 Å². The Hall–Kier alpha value is -0.260. The molecule has 0 aliphatic rings. The van der Waals surface area contributed by atoms with Crippen molar-refractivity contribution < 1.29 is 0 Å². The van der Waals surface area contributed by atoms with E-state index >= 15 is 0 Å². The van der Waals surface area contributed by atoms with E-state index in [2.05, 4.69) is 61.9 Å². The maximum Gasteiger partial charge on any atom is 0.0405 e. The van der Waals surface area contributed by atoms with E-state index < -0.39 is 11.5 Å². The summed E-state index contributed by atoms with van der Waals surface area (Å²) in [6, 6.07) is 20.9. The van der Waals surface area contributed by atoms with Gasteiger partial charge in [0.15, 0.2) is 0 Å². The number of hydrogen-bond acceptors (Lipinski definition) is 2. The third-order valence-corrected chi connectivity index (χ3v) is 19.8. The van der Waals surface area contributed by atoms with Gasteiger partial charge in [-0.25, -0.2) is 0 Å². The third-order valence-electron chi connectivity index (χ3n) is 2.89. The molecule has 0 aliphatic carbocycles. The van der Waals surface area contributed by atoms with Gasteiger partial charge in [0.1, 0.15) is 0 Å². The largest absolute Gasteiger partial charge is 0.0918 e. The average molecular weight is 310 g/mol. The van der Waals surface area contributed by atoms with Crippen molar-refractivity contribution in [3.8, 4) is 0 Å². The molecule has 2 aromatic rings. The van der Waals surface area contributed by atoms with Crippen LogP contribution in [0.2, 0.25) is 0 Å². The quantitative estimate of drug-likeness (QED) is 0.792. The summed E-state index contributed by atoms with van der Waals surface area (Å²) in [5.74, 6) is 0. The molecule has 0 atom stereocenters. The van der Waals surface area contributed by atoms with Crippen molar-refractivity contribution in [2.45, 2.75) is 0 Å². The van der Waals surface area contributed by atoms with Crippen LogP contribution in [-0.2, 0) is 23.6 Å². The van der Waals surface area contributed by atoms with Gasteiger partial charge in [0, 0.05) is 5.73 Å². The Morgan fingerprint density at radius 1 is 0.667 bits per heavy atom. The SMILES string of the molecule is CP(C)(=S)P(=S)(c1ccccc1)c1ccccc1. The van der Waals surface area contributed by atoms with Gasteiger partial charge in [0.25, 0.3) is 0 Å². The first-order valence-corrected chi connectivity index (χ1v) is 12.9. The molecule has 0 nitrogen and oxygen atoms in total. The van der Waals surface area contributed by atoms with Gasteiger partial charge < -0.3 is 0 Å². The van der Waals surface area contributed by atoms with Crippen molar-refractivity contribution in [1.29, 1.82) is 0 Å². The van der Waals surface area contributed by atoms with E-state index in [4.69, 9.17) is 23.6 Å².